The first-order valence-corrected chi connectivity index (χ1v) is 5.74. The molecular formula is C12H14ClN3O2. The van der Waals surface area contributed by atoms with E-state index in [0.717, 1.165) is 5.56 Å². The second-order valence-electron chi connectivity index (χ2n) is 3.70. The lowest BCUT2D eigenvalue weighted by atomic mass is 10.1. The number of halogens is 1. The lowest BCUT2D eigenvalue weighted by Gasteiger charge is -2.10. The summed E-state index contributed by atoms with van der Waals surface area (Å²) in [4.78, 5) is 11.2. The Balaban J connectivity index is 2.58. The number of hydrogen-bond acceptors (Lipinski definition) is 4. The molecule has 1 aromatic rings. The van der Waals surface area contributed by atoms with Crippen LogP contribution in [0.4, 0.5) is 0 Å². The van der Waals surface area contributed by atoms with Gasteiger partial charge in [0.2, 0.25) is 0 Å². The molecule has 0 aliphatic carbocycles. The van der Waals surface area contributed by atoms with Gasteiger partial charge in [-0.1, -0.05) is 17.7 Å². The molecule has 5 nitrogen and oxygen atoms in total. The molecule has 0 aliphatic rings. The molecule has 0 heterocycles. The summed E-state index contributed by atoms with van der Waals surface area (Å²) in [6, 6.07) is 6.84. The van der Waals surface area contributed by atoms with E-state index in [0.29, 0.717) is 10.8 Å². The summed E-state index contributed by atoms with van der Waals surface area (Å²) in [6.45, 7) is 1.63. The van der Waals surface area contributed by atoms with E-state index in [1.807, 2.05) is 6.92 Å². The standard InChI is InChI=1S/C12H14ClN3O2/c1-8(15)9-2-3-11(10(13)6-9)18-7-12(17)16-5-4-14/h2-3,6,8H,5,7,15H2,1H3,(H,16,17)/t8-/m1/s1. The SMILES string of the molecule is C[C@@H](N)c1ccc(OCC(=O)NCC#N)c(Cl)c1. The molecule has 0 fully saturated rings. The third-order valence-corrected chi connectivity index (χ3v) is 2.50. The Morgan fingerprint density at radius 3 is 2.94 bits per heavy atom. The van der Waals surface area contributed by atoms with Crippen molar-refractivity contribution >= 4 is 17.5 Å². The fraction of sp³-hybridized carbons (Fsp3) is 0.333. The van der Waals surface area contributed by atoms with Gasteiger partial charge in [0, 0.05) is 6.04 Å². The van der Waals surface area contributed by atoms with Crippen LogP contribution in [0.25, 0.3) is 0 Å². The maximum Gasteiger partial charge on any atom is 0.258 e. The zero-order valence-corrected chi connectivity index (χ0v) is 10.7. The van der Waals surface area contributed by atoms with E-state index in [4.69, 9.17) is 27.3 Å². The number of amides is 1. The average molecular weight is 268 g/mol. The highest BCUT2D eigenvalue weighted by Gasteiger charge is 2.08. The van der Waals surface area contributed by atoms with Gasteiger partial charge in [0.15, 0.2) is 6.61 Å². The van der Waals surface area contributed by atoms with Gasteiger partial charge < -0.3 is 15.8 Å². The van der Waals surface area contributed by atoms with Crippen LogP contribution < -0.4 is 15.8 Å². The summed E-state index contributed by atoms with van der Waals surface area (Å²) < 4.78 is 5.24. The maximum absolute atomic E-state index is 11.2. The van der Waals surface area contributed by atoms with Crippen LogP contribution in [-0.2, 0) is 4.79 Å². The van der Waals surface area contributed by atoms with Gasteiger partial charge in [0.05, 0.1) is 11.1 Å². The number of nitriles is 1. The van der Waals surface area contributed by atoms with E-state index in [-0.39, 0.29) is 25.1 Å². The van der Waals surface area contributed by atoms with Gasteiger partial charge in [-0.3, -0.25) is 4.79 Å². The van der Waals surface area contributed by atoms with Crippen LogP contribution in [-0.4, -0.2) is 19.1 Å². The first kappa shape index (κ1) is 14.3. The molecule has 1 amide bonds. The molecule has 0 aromatic heterocycles. The normalized spacial score (nSPS) is 11.4. The van der Waals surface area contributed by atoms with Gasteiger partial charge in [-0.2, -0.15) is 5.26 Å². The number of benzene rings is 1. The molecule has 0 radical (unpaired) electrons. The largest absolute Gasteiger partial charge is 0.482 e. The van der Waals surface area contributed by atoms with Crippen molar-refractivity contribution in [2.75, 3.05) is 13.2 Å². The first-order valence-electron chi connectivity index (χ1n) is 5.36. The van der Waals surface area contributed by atoms with E-state index in [1.54, 1.807) is 24.3 Å². The number of ether oxygens (including phenoxy) is 1. The van der Waals surface area contributed by atoms with Gasteiger partial charge in [-0.25, -0.2) is 0 Å². The van der Waals surface area contributed by atoms with E-state index in [9.17, 15) is 4.79 Å². The van der Waals surface area contributed by atoms with E-state index >= 15 is 0 Å². The molecule has 0 saturated carbocycles. The topological polar surface area (TPSA) is 88.1 Å². The van der Waals surface area contributed by atoms with Gasteiger partial charge in [0.25, 0.3) is 5.91 Å². The number of carbonyl (C=O) groups is 1. The Kier molecular flexibility index (Phi) is 5.43. The lowest BCUT2D eigenvalue weighted by molar-refractivity contribution is -0.122. The first-order chi connectivity index (χ1) is 8.54. The second kappa shape index (κ2) is 6.84. The molecule has 0 bridgehead atoms. The highest BCUT2D eigenvalue weighted by molar-refractivity contribution is 6.32. The van der Waals surface area contributed by atoms with Crippen molar-refractivity contribution in [1.29, 1.82) is 5.26 Å². The van der Waals surface area contributed by atoms with E-state index in [1.165, 1.54) is 0 Å². The molecule has 96 valence electrons. The summed E-state index contributed by atoms with van der Waals surface area (Å²) in [5, 5.41) is 11.1. The van der Waals surface area contributed by atoms with Gasteiger partial charge in [0.1, 0.15) is 12.3 Å². The van der Waals surface area contributed by atoms with Crippen LogP contribution in [0.1, 0.15) is 18.5 Å². The van der Waals surface area contributed by atoms with Crippen LogP contribution in [0.2, 0.25) is 5.02 Å². The fourth-order valence-corrected chi connectivity index (χ4v) is 1.49. The van der Waals surface area contributed by atoms with Crippen molar-refractivity contribution in [2.24, 2.45) is 5.73 Å². The minimum absolute atomic E-state index is 0.0421. The predicted molar refractivity (Wildman–Crippen MR) is 68.2 cm³/mol. The molecule has 18 heavy (non-hydrogen) atoms. The van der Waals surface area contributed by atoms with Gasteiger partial charge >= 0.3 is 0 Å². The molecule has 3 N–H and O–H groups in total. The summed E-state index contributed by atoms with van der Waals surface area (Å²) in [6.07, 6.45) is 0. The summed E-state index contributed by atoms with van der Waals surface area (Å²) in [5.41, 5.74) is 6.61. The Hall–Kier alpha value is -1.77. The van der Waals surface area contributed by atoms with Crippen molar-refractivity contribution < 1.29 is 9.53 Å². The van der Waals surface area contributed by atoms with Crippen LogP contribution >= 0.6 is 11.6 Å². The van der Waals surface area contributed by atoms with Crippen LogP contribution in [0.3, 0.4) is 0 Å². The summed E-state index contributed by atoms with van der Waals surface area (Å²) in [5.74, 6) is 0.0389. The van der Waals surface area contributed by atoms with Gasteiger partial charge in [-0.05, 0) is 24.6 Å². The Labute approximate surface area is 110 Å². The molecule has 0 saturated heterocycles. The van der Waals surface area contributed by atoms with Crippen LogP contribution in [0.15, 0.2) is 18.2 Å². The van der Waals surface area contributed by atoms with Crippen molar-refractivity contribution in [3.8, 4) is 11.8 Å². The Bertz CT molecular complexity index is 469. The molecule has 6 heteroatoms. The maximum atomic E-state index is 11.2. The van der Waals surface area contributed by atoms with Crippen molar-refractivity contribution in [1.82, 2.24) is 5.32 Å². The monoisotopic (exact) mass is 267 g/mol. The predicted octanol–water partition coefficient (Wildman–Crippen LogP) is 1.38. The lowest BCUT2D eigenvalue weighted by Crippen LogP contribution is -2.29. The van der Waals surface area contributed by atoms with Gasteiger partial charge in [-0.15, -0.1) is 0 Å². The minimum Gasteiger partial charge on any atom is -0.482 e. The number of nitrogens with zero attached hydrogens (tertiary/aromatic N) is 1. The smallest absolute Gasteiger partial charge is 0.258 e. The zero-order valence-electron chi connectivity index (χ0n) is 9.94. The number of hydrogen-bond donors (Lipinski definition) is 2. The number of carbonyl (C=O) groups excluding carboxylic acids is 1. The second-order valence-corrected chi connectivity index (χ2v) is 4.11. The average Bonchev–Trinajstić information content (AvgIpc) is 2.34. The van der Waals surface area contributed by atoms with Crippen molar-refractivity contribution in [3.05, 3.63) is 28.8 Å². The van der Waals surface area contributed by atoms with E-state index in [2.05, 4.69) is 5.32 Å². The number of rotatable bonds is 5. The molecule has 1 atom stereocenters. The Morgan fingerprint density at radius 2 is 2.39 bits per heavy atom. The fourth-order valence-electron chi connectivity index (χ4n) is 1.25. The molecule has 0 spiro atoms. The Morgan fingerprint density at radius 1 is 1.67 bits per heavy atom. The van der Waals surface area contributed by atoms with Crippen LogP contribution in [0.5, 0.6) is 5.75 Å². The summed E-state index contributed by atoms with van der Waals surface area (Å²) >= 11 is 6.00. The van der Waals surface area contributed by atoms with Crippen molar-refractivity contribution in [3.63, 3.8) is 0 Å². The summed E-state index contributed by atoms with van der Waals surface area (Å²) in [7, 11) is 0. The molecule has 0 aliphatic heterocycles. The molecule has 0 unspecified atom stereocenters. The number of nitrogens with one attached hydrogen (secondary N) is 1. The van der Waals surface area contributed by atoms with E-state index < -0.39 is 0 Å². The molecule has 1 aromatic carbocycles. The molecular weight excluding hydrogens is 254 g/mol. The quantitative estimate of drug-likeness (QED) is 0.789. The highest BCUT2D eigenvalue weighted by atomic mass is 35.5. The minimum atomic E-state index is -0.371. The highest BCUT2D eigenvalue weighted by Crippen LogP contribution is 2.27. The number of nitrogens with two attached hydrogens (primary N) is 1. The van der Waals surface area contributed by atoms with Crippen molar-refractivity contribution in [2.45, 2.75) is 13.0 Å². The third kappa shape index (κ3) is 4.24. The third-order valence-electron chi connectivity index (χ3n) is 2.21. The molecule has 1 rings (SSSR count). The van der Waals surface area contributed by atoms with Crippen LogP contribution in [0, 0.1) is 11.3 Å². The zero-order chi connectivity index (χ0) is 13.5.